The minimum Gasteiger partial charge on any atom is -0.165 e. The van der Waals surface area contributed by atoms with Crippen LogP contribution in [0.25, 0.3) is 0 Å². The van der Waals surface area contributed by atoms with Gasteiger partial charge in [-0.25, -0.2) is 0 Å². The molecule has 0 aromatic rings. The molecule has 0 aromatic carbocycles. The molecule has 1 aliphatic heterocycles. The van der Waals surface area contributed by atoms with Gasteiger partial charge < -0.3 is 0 Å². The molecular weight excluding hydrogens is 337 g/mol. The maximum Gasteiger partial charge on any atom is 0.0447 e. The first-order valence-corrected chi connectivity index (χ1v) is 11.3. The van der Waals surface area contributed by atoms with Crippen molar-refractivity contribution in [2.45, 2.75) is 57.9 Å². The van der Waals surface area contributed by atoms with Gasteiger partial charge in [0.1, 0.15) is 0 Å². The molecule has 1 aliphatic rings. The Morgan fingerprint density at radius 2 is 1.17 bits per heavy atom. The Morgan fingerprint density at radius 1 is 0.833 bits per heavy atom. The zero-order valence-corrected chi connectivity index (χ0v) is 16.5. The van der Waals surface area contributed by atoms with Crippen LogP contribution in [-0.2, 0) is 0 Å². The van der Waals surface area contributed by atoms with Gasteiger partial charge in [0.15, 0.2) is 0 Å². The van der Waals surface area contributed by atoms with E-state index in [0.717, 1.165) is 10.5 Å². The fraction of sp³-hybridized carbons (Fsp3) is 1.00. The molecule has 1 heterocycles. The third kappa shape index (κ3) is 6.25. The van der Waals surface area contributed by atoms with Crippen LogP contribution in [0.3, 0.4) is 0 Å². The van der Waals surface area contributed by atoms with E-state index in [1.807, 2.05) is 23.5 Å². The molecule has 6 atom stereocenters. The lowest BCUT2D eigenvalue weighted by atomic mass is 10.2. The van der Waals surface area contributed by atoms with Gasteiger partial charge in [0.2, 0.25) is 0 Å². The second kappa shape index (κ2) is 9.19. The summed E-state index contributed by atoms with van der Waals surface area (Å²) in [6.45, 7) is 9.09. The van der Waals surface area contributed by atoms with Crippen molar-refractivity contribution in [2.75, 3.05) is 11.5 Å². The minimum absolute atomic E-state index is 0.430. The van der Waals surface area contributed by atoms with Gasteiger partial charge in [-0.1, -0.05) is 13.8 Å². The molecule has 6 heteroatoms. The topological polar surface area (TPSA) is 0 Å². The third-order valence-corrected chi connectivity index (χ3v) is 9.57. The number of rotatable bonds is 6. The first-order valence-electron chi connectivity index (χ1n) is 6.32. The highest BCUT2D eigenvalue weighted by Gasteiger charge is 2.35. The second-order valence-corrected chi connectivity index (χ2v) is 12.8. The SMILES string of the molecule is CC(S)SC(C)C1SCCSC1C(C)SC(C)S. The number of hydrogen-bond donors (Lipinski definition) is 2. The van der Waals surface area contributed by atoms with Crippen LogP contribution in [-0.4, -0.2) is 41.7 Å². The fourth-order valence-corrected chi connectivity index (χ4v) is 9.42. The van der Waals surface area contributed by atoms with E-state index in [1.54, 1.807) is 0 Å². The lowest BCUT2D eigenvalue weighted by molar-refractivity contribution is 0.755. The van der Waals surface area contributed by atoms with Crippen molar-refractivity contribution in [3.63, 3.8) is 0 Å². The van der Waals surface area contributed by atoms with Crippen LogP contribution in [0.4, 0.5) is 0 Å². The zero-order chi connectivity index (χ0) is 13.7. The highest BCUT2D eigenvalue weighted by molar-refractivity contribution is 8.13. The lowest BCUT2D eigenvalue weighted by Gasteiger charge is -2.38. The molecule has 0 bridgehead atoms. The number of thiol groups is 2. The lowest BCUT2D eigenvalue weighted by Crippen LogP contribution is -2.39. The van der Waals surface area contributed by atoms with Crippen LogP contribution in [0.5, 0.6) is 0 Å². The molecule has 0 amide bonds. The molecular formula is C12H24S6. The van der Waals surface area contributed by atoms with E-state index in [1.165, 1.54) is 11.5 Å². The van der Waals surface area contributed by atoms with E-state index in [9.17, 15) is 0 Å². The molecule has 1 rings (SSSR count). The van der Waals surface area contributed by atoms with Crippen molar-refractivity contribution in [1.82, 2.24) is 0 Å². The summed E-state index contributed by atoms with van der Waals surface area (Å²) in [5, 5.41) is 2.85. The van der Waals surface area contributed by atoms with Crippen LogP contribution in [0.15, 0.2) is 0 Å². The van der Waals surface area contributed by atoms with Gasteiger partial charge >= 0.3 is 0 Å². The maximum atomic E-state index is 4.52. The van der Waals surface area contributed by atoms with Gasteiger partial charge in [-0.2, -0.15) is 48.8 Å². The third-order valence-electron chi connectivity index (χ3n) is 2.78. The first-order chi connectivity index (χ1) is 8.41. The Balaban J connectivity index is 2.61. The molecule has 6 unspecified atom stereocenters. The van der Waals surface area contributed by atoms with E-state index in [0.29, 0.717) is 19.7 Å². The molecule has 1 fully saturated rings. The van der Waals surface area contributed by atoms with Crippen LogP contribution in [0.2, 0.25) is 0 Å². The van der Waals surface area contributed by atoms with E-state index in [4.69, 9.17) is 0 Å². The summed E-state index contributed by atoms with van der Waals surface area (Å²) in [5.41, 5.74) is 0. The minimum atomic E-state index is 0.430. The quantitative estimate of drug-likeness (QED) is 0.505. The van der Waals surface area contributed by atoms with Gasteiger partial charge in [0.25, 0.3) is 0 Å². The summed E-state index contributed by atoms with van der Waals surface area (Å²) in [7, 11) is 0. The molecule has 108 valence electrons. The van der Waals surface area contributed by atoms with Gasteiger partial charge in [-0.05, 0) is 13.8 Å². The normalized spacial score (nSPS) is 31.7. The predicted molar refractivity (Wildman–Crippen MR) is 103 cm³/mol. The van der Waals surface area contributed by atoms with Crippen molar-refractivity contribution in [3.8, 4) is 0 Å². The summed E-state index contributed by atoms with van der Waals surface area (Å²) >= 11 is 17.4. The van der Waals surface area contributed by atoms with Crippen LogP contribution < -0.4 is 0 Å². The van der Waals surface area contributed by atoms with Crippen molar-refractivity contribution >= 4 is 72.3 Å². The fourth-order valence-electron chi connectivity index (χ4n) is 2.14. The molecule has 0 saturated carbocycles. The van der Waals surface area contributed by atoms with Crippen molar-refractivity contribution in [3.05, 3.63) is 0 Å². The van der Waals surface area contributed by atoms with Gasteiger partial charge in [-0.15, -0.1) is 23.5 Å². The largest absolute Gasteiger partial charge is 0.165 e. The van der Waals surface area contributed by atoms with Crippen LogP contribution in [0, 0.1) is 0 Å². The zero-order valence-electron chi connectivity index (χ0n) is 11.4. The molecule has 1 saturated heterocycles. The van der Waals surface area contributed by atoms with E-state index in [-0.39, 0.29) is 0 Å². The summed E-state index contributed by atoms with van der Waals surface area (Å²) in [4.78, 5) is 0. The number of hydrogen-bond acceptors (Lipinski definition) is 6. The van der Waals surface area contributed by atoms with E-state index >= 15 is 0 Å². The number of thioether (sulfide) groups is 4. The summed E-state index contributed by atoms with van der Waals surface area (Å²) in [6.07, 6.45) is 0. The molecule has 0 aromatic heterocycles. The maximum absolute atomic E-state index is 4.52. The van der Waals surface area contributed by atoms with E-state index < -0.39 is 0 Å². The molecule has 0 nitrogen and oxygen atoms in total. The molecule has 0 aliphatic carbocycles. The molecule has 0 N–H and O–H groups in total. The van der Waals surface area contributed by atoms with Gasteiger partial charge in [0, 0.05) is 41.7 Å². The summed E-state index contributed by atoms with van der Waals surface area (Å²) in [6, 6.07) is 0. The van der Waals surface area contributed by atoms with Crippen LogP contribution >= 0.6 is 72.3 Å². The Kier molecular flexibility index (Phi) is 9.26. The monoisotopic (exact) mass is 360 g/mol. The van der Waals surface area contributed by atoms with Crippen molar-refractivity contribution < 1.29 is 0 Å². The Morgan fingerprint density at radius 3 is 1.44 bits per heavy atom. The molecule has 0 radical (unpaired) electrons. The highest BCUT2D eigenvalue weighted by Crippen LogP contribution is 2.43. The average Bonchev–Trinajstić information content (AvgIpc) is 2.27. The standard InChI is InChI=1S/C12H24S6/c1-7(17-9(3)13)11-12(16-6-5-15-11)8(2)18-10(4)14/h7-14H,5-6H2,1-4H3. The summed E-state index contributed by atoms with van der Waals surface area (Å²) in [5.74, 6) is 2.59. The molecule has 0 spiro atoms. The first kappa shape index (κ1) is 18.1. The van der Waals surface area contributed by atoms with Gasteiger partial charge in [0.05, 0.1) is 0 Å². The second-order valence-electron chi connectivity index (χ2n) is 4.55. The van der Waals surface area contributed by atoms with Crippen molar-refractivity contribution in [2.24, 2.45) is 0 Å². The van der Waals surface area contributed by atoms with Gasteiger partial charge in [-0.3, -0.25) is 0 Å². The summed E-state index contributed by atoms with van der Waals surface area (Å²) < 4.78 is 0.861. The van der Waals surface area contributed by atoms with Crippen LogP contribution in [0.1, 0.15) is 27.7 Å². The Labute approximate surface area is 141 Å². The molecule has 18 heavy (non-hydrogen) atoms. The Bertz CT molecular complexity index is 209. The highest BCUT2D eigenvalue weighted by atomic mass is 32.2. The van der Waals surface area contributed by atoms with E-state index in [2.05, 4.69) is 76.5 Å². The smallest absolute Gasteiger partial charge is 0.0447 e. The average molecular weight is 361 g/mol. The Hall–Kier alpha value is 2.10. The predicted octanol–water partition coefficient (Wildman–Crippen LogP) is 5.00. The van der Waals surface area contributed by atoms with Crippen molar-refractivity contribution in [1.29, 1.82) is 0 Å².